The first-order valence-corrected chi connectivity index (χ1v) is 5.10. The molecule has 0 aliphatic carbocycles. The van der Waals surface area contributed by atoms with E-state index in [1.54, 1.807) is 0 Å². The Labute approximate surface area is 72.4 Å². The minimum Gasteiger partial charge on any atom is -0.0651 e. The standard InChI is InChI=1S/C11H23/c1-4-6-7-8-9-10-11(3)5-2/h11H,1,4-10H2,2-3H3/t11-/m0/s1. The van der Waals surface area contributed by atoms with E-state index in [0.29, 0.717) is 0 Å². The van der Waals surface area contributed by atoms with E-state index >= 15 is 0 Å². The van der Waals surface area contributed by atoms with Crippen molar-refractivity contribution >= 4 is 0 Å². The van der Waals surface area contributed by atoms with Crippen molar-refractivity contribution in [2.45, 2.75) is 58.8 Å². The van der Waals surface area contributed by atoms with Gasteiger partial charge in [-0.15, -0.1) is 0 Å². The van der Waals surface area contributed by atoms with Gasteiger partial charge in [0.15, 0.2) is 0 Å². The molecule has 0 heteroatoms. The molecule has 0 heterocycles. The van der Waals surface area contributed by atoms with Gasteiger partial charge in [0, 0.05) is 0 Å². The zero-order chi connectivity index (χ0) is 8.53. The smallest absolute Gasteiger partial charge is 0.0445 e. The second kappa shape index (κ2) is 8.10. The van der Waals surface area contributed by atoms with E-state index in [1.807, 2.05) is 0 Å². The Bertz CT molecular complexity index is 66.4. The Kier molecular flexibility index (Phi) is 8.10. The van der Waals surface area contributed by atoms with Gasteiger partial charge in [-0.2, -0.15) is 0 Å². The summed E-state index contributed by atoms with van der Waals surface area (Å²) in [6.07, 6.45) is 9.43. The van der Waals surface area contributed by atoms with Crippen LogP contribution in [0.15, 0.2) is 0 Å². The summed E-state index contributed by atoms with van der Waals surface area (Å²) in [5.41, 5.74) is 0. The van der Waals surface area contributed by atoms with Gasteiger partial charge in [-0.25, -0.2) is 0 Å². The molecule has 11 heavy (non-hydrogen) atoms. The Morgan fingerprint density at radius 2 is 1.73 bits per heavy atom. The third-order valence-electron chi connectivity index (χ3n) is 2.39. The summed E-state index contributed by atoms with van der Waals surface area (Å²) in [4.78, 5) is 0. The first-order chi connectivity index (χ1) is 5.31. The molecule has 0 amide bonds. The summed E-state index contributed by atoms with van der Waals surface area (Å²) < 4.78 is 0. The fourth-order valence-corrected chi connectivity index (χ4v) is 1.23. The molecule has 67 valence electrons. The fourth-order valence-electron chi connectivity index (χ4n) is 1.23. The van der Waals surface area contributed by atoms with Gasteiger partial charge < -0.3 is 0 Å². The lowest BCUT2D eigenvalue weighted by Gasteiger charge is -2.06. The van der Waals surface area contributed by atoms with Gasteiger partial charge in [0.05, 0.1) is 0 Å². The Morgan fingerprint density at radius 1 is 1.09 bits per heavy atom. The second-order valence-corrected chi connectivity index (χ2v) is 3.57. The van der Waals surface area contributed by atoms with Crippen LogP contribution in [0.1, 0.15) is 58.8 Å². The maximum atomic E-state index is 3.83. The van der Waals surface area contributed by atoms with Crippen LogP contribution >= 0.6 is 0 Å². The third-order valence-corrected chi connectivity index (χ3v) is 2.39. The normalized spacial score (nSPS) is 13.4. The summed E-state index contributed by atoms with van der Waals surface area (Å²) >= 11 is 0. The maximum absolute atomic E-state index is 3.83. The molecule has 1 atom stereocenters. The molecular weight excluding hydrogens is 132 g/mol. The van der Waals surface area contributed by atoms with E-state index in [1.165, 1.54) is 38.5 Å². The highest BCUT2D eigenvalue weighted by atomic mass is 14.0. The Hall–Kier alpha value is 0. The molecule has 0 bridgehead atoms. The molecule has 0 saturated heterocycles. The van der Waals surface area contributed by atoms with Crippen molar-refractivity contribution in [2.75, 3.05) is 0 Å². The Morgan fingerprint density at radius 3 is 2.27 bits per heavy atom. The molecule has 0 saturated carbocycles. The molecule has 0 spiro atoms. The number of hydrogen-bond donors (Lipinski definition) is 0. The van der Waals surface area contributed by atoms with Crippen molar-refractivity contribution in [1.29, 1.82) is 0 Å². The molecule has 0 unspecified atom stereocenters. The van der Waals surface area contributed by atoms with Gasteiger partial charge in [-0.05, 0) is 5.92 Å². The summed E-state index contributed by atoms with van der Waals surface area (Å²) in [7, 11) is 0. The van der Waals surface area contributed by atoms with Gasteiger partial charge in [-0.3, -0.25) is 0 Å². The van der Waals surface area contributed by atoms with Gasteiger partial charge in [0.1, 0.15) is 0 Å². The van der Waals surface area contributed by atoms with E-state index in [0.717, 1.165) is 12.3 Å². The van der Waals surface area contributed by atoms with Crippen LogP contribution in [0.25, 0.3) is 0 Å². The number of rotatable bonds is 7. The SMILES string of the molecule is [CH2]CCCCCC[C@@H](C)CC. The fraction of sp³-hybridized carbons (Fsp3) is 0.909. The second-order valence-electron chi connectivity index (χ2n) is 3.57. The molecule has 0 aromatic carbocycles. The van der Waals surface area contributed by atoms with Crippen molar-refractivity contribution < 1.29 is 0 Å². The number of hydrogen-bond acceptors (Lipinski definition) is 0. The third kappa shape index (κ3) is 7.90. The van der Waals surface area contributed by atoms with Crippen LogP contribution in [0.2, 0.25) is 0 Å². The van der Waals surface area contributed by atoms with Crippen LogP contribution < -0.4 is 0 Å². The van der Waals surface area contributed by atoms with Crippen LogP contribution in [-0.2, 0) is 0 Å². The molecule has 0 aliphatic rings. The van der Waals surface area contributed by atoms with E-state index < -0.39 is 0 Å². The van der Waals surface area contributed by atoms with Crippen molar-refractivity contribution in [1.82, 2.24) is 0 Å². The zero-order valence-electron chi connectivity index (χ0n) is 8.23. The van der Waals surface area contributed by atoms with E-state index in [9.17, 15) is 0 Å². The summed E-state index contributed by atoms with van der Waals surface area (Å²) in [5.74, 6) is 0.940. The first-order valence-electron chi connectivity index (χ1n) is 5.10. The van der Waals surface area contributed by atoms with Crippen molar-refractivity contribution in [3.63, 3.8) is 0 Å². The Balaban J connectivity index is 2.89. The van der Waals surface area contributed by atoms with Crippen LogP contribution in [-0.4, -0.2) is 0 Å². The largest absolute Gasteiger partial charge is 0.0651 e. The minimum absolute atomic E-state index is 0.940. The predicted octanol–water partition coefficient (Wildman–Crippen LogP) is 4.21. The first kappa shape index (κ1) is 11.0. The maximum Gasteiger partial charge on any atom is -0.0445 e. The van der Waals surface area contributed by atoms with E-state index in [4.69, 9.17) is 0 Å². The van der Waals surface area contributed by atoms with Crippen LogP contribution in [0.4, 0.5) is 0 Å². The molecule has 0 aliphatic heterocycles. The van der Waals surface area contributed by atoms with Crippen molar-refractivity contribution in [2.24, 2.45) is 5.92 Å². The molecule has 0 nitrogen and oxygen atoms in total. The molecule has 0 aromatic rings. The van der Waals surface area contributed by atoms with E-state index in [2.05, 4.69) is 20.8 Å². The average molecular weight is 155 g/mol. The van der Waals surface area contributed by atoms with Gasteiger partial charge in [0.2, 0.25) is 0 Å². The monoisotopic (exact) mass is 155 g/mol. The molecule has 0 aromatic heterocycles. The van der Waals surface area contributed by atoms with Gasteiger partial charge in [0.25, 0.3) is 0 Å². The van der Waals surface area contributed by atoms with Crippen molar-refractivity contribution in [3.05, 3.63) is 6.92 Å². The molecule has 0 N–H and O–H groups in total. The lowest BCUT2D eigenvalue weighted by Crippen LogP contribution is -1.91. The average Bonchev–Trinajstić information content (AvgIpc) is 2.04. The molecular formula is C11H23. The van der Waals surface area contributed by atoms with Crippen LogP contribution in [0.5, 0.6) is 0 Å². The zero-order valence-corrected chi connectivity index (χ0v) is 8.23. The van der Waals surface area contributed by atoms with Gasteiger partial charge in [-0.1, -0.05) is 65.7 Å². The summed E-state index contributed by atoms with van der Waals surface area (Å²) in [5, 5.41) is 0. The summed E-state index contributed by atoms with van der Waals surface area (Å²) in [6.45, 7) is 8.46. The molecule has 0 fully saturated rings. The molecule has 1 radical (unpaired) electrons. The molecule has 0 rings (SSSR count). The van der Waals surface area contributed by atoms with Crippen LogP contribution in [0.3, 0.4) is 0 Å². The topological polar surface area (TPSA) is 0 Å². The highest BCUT2D eigenvalue weighted by Gasteiger charge is 1.97. The lowest BCUT2D eigenvalue weighted by molar-refractivity contribution is 0.475. The lowest BCUT2D eigenvalue weighted by atomic mass is 10.0. The van der Waals surface area contributed by atoms with Gasteiger partial charge >= 0.3 is 0 Å². The quantitative estimate of drug-likeness (QED) is 0.483. The highest BCUT2D eigenvalue weighted by Crippen LogP contribution is 2.13. The predicted molar refractivity (Wildman–Crippen MR) is 52.5 cm³/mol. The summed E-state index contributed by atoms with van der Waals surface area (Å²) in [6, 6.07) is 0. The van der Waals surface area contributed by atoms with Crippen LogP contribution in [0, 0.1) is 12.8 Å². The highest BCUT2D eigenvalue weighted by molar-refractivity contribution is 4.51. The number of unbranched alkanes of at least 4 members (excludes halogenated alkanes) is 4. The van der Waals surface area contributed by atoms with Crippen molar-refractivity contribution in [3.8, 4) is 0 Å². The van der Waals surface area contributed by atoms with E-state index in [-0.39, 0.29) is 0 Å². The minimum atomic E-state index is 0.940.